The second-order valence-corrected chi connectivity index (χ2v) is 5.05. The van der Waals surface area contributed by atoms with Crippen LogP contribution in [0.1, 0.15) is 26.3 Å². The van der Waals surface area contributed by atoms with Gasteiger partial charge in [0.05, 0.1) is 0 Å². The van der Waals surface area contributed by atoms with Gasteiger partial charge in [-0.25, -0.2) is 4.39 Å². The third kappa shape index (κ3) is 5.73. The van der Waals surface area contributed by atoms with Crippen LogP contribution in [0.5, 0.6) is 0 Å². The van der Waals surface area contributed by atoms with E-state index < -0.39 is 0 Å². The number of aliphatic imine (C=N–C) groups is 1. The minimum atomic E-state index is -0.194. The number of halogens is 1. The normalized spacial score (nSPS) is 13.5. The number of hydrogen-bond donors (Lipinski definition) is 2. The first-order valence-corrected chi connectivity index (χ1v) is 6.74. The van der Waals surface area contributed by atoms with E-state index in [0.717, 1.165) is 24.5 Å². The van der Waals surface area contributed by atoms with Crippen molar-refractivity contribution in [1.82, 2.24) is 10.6 Å². The van der Waals surface area contributed by atoms with Gasteiger partial charge in [-0.1, -0.05) is 26.0 Å². The molecule has 19 heavy (non-hydrogen) atoms. The van der Waals surface area contributed by atoms with Gasteiger partial charge in [0.25, 0.3) is 0 Å². The maximum atomic E-state index is 12.8. The van der Waals surface area contributed by atoms with Crippen molar-refractivity contribution in [2.75, 3.05) is 13.6 Å². The smallest absolute Gasteiger partial charge is 0.191 e. The van der Waals surface area contributed by atoms with E-state index in [4.69, 9.17) is 0 Å². The molecule has 0 fully saturated rings. The van der Waals surface area contributed by atoms with Crippen LogP contribution in [0.15, 0.2) is 29.3 Å². The van der Waals surface area contributed by atoms with Gasteiger partial charge in [0.1, 0.15) is 5.82 Å². The monoisotopic (exact) mass is 265 g/mol. The van der Waals surface area contributed by atoms with Crippen LogP contribution >= 0.6 is 0 Å². The average molecular weight is 265 g/mol. The van der Waals surface area contributed by atoms with Crippen LogP contribution in [0.4, 0.5) is 4.39 Å². The summed E-state index contributed by atoms with van der Waals surface area (Å²) in [5, 5.41) is 6.60. The Morgan fingerprint density at radius 1 is 1.21 bits per heavy atom. The van der Waals surface area contributed by atoms with Crippen molar-refractivity contribution in [3.05, 3.63) is 35.6 Å². The van der Waals surface area contributed by atoms with E-state index >= 15 is 0 Å². The summed E-state index contributed by atoms with van der Waals surface area (Å²) in [4.78, 5) is 4.19. The van der Waals surface area contributed by atoms with Gasteiger partial charge in [0.15, 0.2) is 5.96 Å². The van der Waals surface area contributed by atoms with Crippen LogP contribution in [-0.4, -0.2) is 25.6 Å². The number of rotatable bonds is 5. The van der Waals surface area contributed by atoms with Crippen molar-refractivity contribution in [3.63, 3.8) is 0 Å². The standard InChI is InChI=1S/C15H24FN3/c1-11(2)12(3)19-15(17-4)18-10-9-13-5-7-14(16)8-6-13/h5-8,11-12H,9-10H2,1-4H3,(H2,17,18,19). The predicted octanol–water partition coefficient (Wildman–Crippen LogP) is 2.58. The van der Waals surface area contributed by atoms with Gasteiger partial charge in [-0.15, -0.1) is 0 Å². The molecule has 0 saturated carbocycles. The van der Waals surface area contributed by atoms with Crippen LogP contribution in [-0.2, 0) is 6.42 Å². The number of nitrogens with one attached hydrogen (secondary N) is 2. The third-order valence-electron chi connectivity index (χ3n) is 3.21. The van der Waals surface area contributed by atoms with Crippen LogP contribution in [0.2, 0.25) is 0 Å². The predicted molar refractivity (Wildman–Crippen MR) is 78.9 cm³/mol. The summed E-state index contributed by atoms with van der Waals surface area (Å²) in [6, 6.07) is 6.97. The summed E-state index contributed by atoms with van der Waals surface area (Å²) in [6.45, 7) is 7.25. The molecule has 2 N–H and O–H groups in total. The molecule has 3 nitrogen and oxygen atoms in total. The van der Waals surface area contributed by atoms with E-state index in [0.29, 0.717) is 12.0 Å². The first-order valence-electron chi connectivity index (χ1n) is 6.74. The lowest BCUT2D eigenvalue weighted by Crippen LogP contribution is -2.44. The molecule has 1 unspecified atom stereocenters. The first-order chi connectivity index (χ1) is 9.02. The number of nitrogens with zero attached hydrogens (tertiary/aromatic N) is 1. The van der Waals surface area contributed by atoms with Crippen molar-refractivity contribution < 1.29 is 4.39 Å². The molecule has 0 aliphatic rings. The summed E-state index contributed by atoms with van der Waals surface area (Å²) < 4.78 is 12.8. The molecular formula is C15H24FN3. The van der Waals surface area contributed by atoms with Gasteiger partial charge in [-0.05, 0) is 37.0 Å². The number of guanidine groups is 1. The van der Waals surface area contributed by atoms with Crippen molar-refractivity contribution in [2.45, 2.75) is 33.2 Å². The van der Waals surface area contributed by atoms with E-state index in [2.05, 4.69) is 36.4 Å². The minimum absolute atomic E-state index is 0.194. The molecule has 0 aromatic heterocycles. The molecule has 0 radical (unpaired) electrons. The van der Waals surface area contributed by atoms with E-state index in [1.807, 2.05) is 12.1 Å². The van der Waals surface area contributed by atoms with Crippen LogP contribution < -0.4 is 10.6 Å². The lowest BCUT2D eigenvalue weighted by molar-refractivity contribution is 0.481. The van der Waals surface area contributed by atoms with Gasteiger partial charge in [0.2, 0.25) is 0 Å². The van der Waals surface area contributed by atoms with Gasteiger partial charge in [-0.2, -0.15) is 0 Å². The highest BCUT2D eigenvalue weighted by molar-refractivity contribution is 5.79. The van der Waals surface area contributed by atoms with Gasteiger partial charge >= 0.3 is 0 Å². The third-order valence-corrected chi connectivity index (χ3v) is 3.21. The Bertz CT molecular complexity index is 398. The topological polar surface area (TPSA) is 36.4 Å². The van der Waals surface area contributed by atoms with Crippen molar-refractivity contribution in [3.8, 4) is 0 Å². The Hall–Kier alpha value is -1.58. The molecule has 106 valence electrons. The molecule has 0 amide bonds. The molecule has 1 aromatic rings. The van der Waals surface area contributed by atoms with Crippen LogP contribution in [0.25, 0.3) is 0 Å². The maximum Gasteiger partial charge on any atom is 0.191 e. The lowest BCUT2D eigenvalue weighted by Gasteiger charge is -2.20. The fourth-order valence-corrected chi connectivity index (χ4v) is 1.55. The first kappa shape index (κ1) is 15.5. The fraction of sp³-hybridized carbons (Fsp3) is 0.533. The Kier molecular flexibility index (Phi) is 6.33. The SMILES string of the molecule is CN=C(NCCc1ccc(F)cc1)NC(C)C(C)C. The second kappa shape index (κ2) is 7.77. The maximum absolute atomic E-state index is 12.8. The molecule has 0 heterocycles. The molecule has 0 bridgehead atoms. The van der Waals surface area contributed by atoms with E-state index in [1.165, 1.54) is 12.1 Å². The summed E-state index contributed by atoms with van der Waals surface area (Å²) >= 11 is 0. The van der Waals surface area contributed by atoms with Gasteiger partial charge < -0.3 is 10.6 Å². The second-order valence-electron chi connectivity index (χ2n) is 5.05. The zero-order chi connectivity index (χ0) is 14.3. The lowest BCUT2D eigenvalue weighted by atomic mass is 10.1. The summed E-state index contributed by atoms with van der Waals surface area (Å²) in [5.41, 5.74) is 1.11. The van der Waals surface area contributed by atoms with E-state index in [9.17, 15) is 4.39 Å². The van der Waals surface area contributed by atoms with E-state index in [1.54, 1.807) is 7.05 Å². The zero-order valence-electron chi connectivity index (χ0n) is 12.2. The van der Waals surface area contributed by atoms with Crippen LogP contribution in [0, 0.1) is 11.7 Å². The molecule has 4 heteroatoms. The Morgan fingerprint density at radius 2 is 1.84 bits per heavy atom. The average Bonchev–Trinajstić information content (AvgIpc) is 2.39. The summed E-state index contributed by atoms with van der Waals surface area (Å²) in [7, 11) is 1.76. The zero-order valence-corrected chi connectivity index (χ0v) is 12.2. The highest BCUT2D eigenvalue weighted by atomic mass is 19.1. The van der Waals surface area contributed by atoms with Crippen molar-refractivity contribution in [1.29, 1.82) is 0 Å². The van der Waals surface area contributed by atoms with Gasteiger partial charge in [0, 0.05) is 19.6 Å². The fourth-order valence-electron chi connectivity index (χ4n) is 1.55. The molecule has 1 atom stereocenters. The molecule has 1 aromatic carbocycles. The Morgan fingerprint density at radius 3 is 2.37 bits per heavy atom. The number of hydrogen-bond acceptors (Lipinski definition) is 1. The Balaban J connectivity index is 2.36. The van der Waals surface area contributed by atoms with E-state index in [-0.39, 0.29) is 5.82 Å². The summed E-state index contributed by atoms with van der Waals surface area (Å²) in [5.74, 6) is 1.17. The highest BCUT2D eigenvalue weighted by Crippen LogP contribution is 2.03. The molecule has 0 aliphatic heterocycles. The minimum Gasteiger partial charge on any atom is -0.356 e. The number of benzene rings is 1. The molecule has 0 spiro atoms. The molecule has 0 aliphatic carbocycles. The molecule has 1 rings (SSSR count). The largest absolute Gasteiger partial charge is 0.356 e. The van der Waals surface area contributed by atoms with Gasteiger partial charge in [-0.3, -0.25) is 4.99 Å². The highest BCUT2D eigenvalue weighted by Gasteiger charge is 2.08. The van der Waals surface area contributed by atoms with Crippen LogP contribution in [0.3, 0.4) is 0 Å². The quantitative estimate of drug-likeness (QED) is 0.634. The summed E-state index contributed by atoms with van der Waals surface area (Å²) in [6.07, 6.45) is 0.844. The Labute approximate surface area is 115 Å². The van der Waals surface area contributed by atoms with Crippen molar-refractivity contribution in [2.24, 2.45) is 10.9 Å². The molecule has 0 saturated heterocycles. The molecular weight excluding hydrogens is 241 g/mol. The van der Waals surface area contributed by atoms with Crippen molar-refractivity contribution >= 4 is 5.96 Å².